The fourth-order valence-electron chi connectivity index (χ4n) is 3.55. The molecule has 0 amide bonds. The maximum Gasteiger partial charge on any atom is 0.146 e. The van der Waals surface area contributed by atoms with Gasteiger partial charge in [-0.25, -0.2) is 18.6 Å². The summed E-state index contributed by atoms with van der Waals surface area (Å²) >= 11 is 0. The number of ether oxygens (including phenoxy) is 2. The average molecular weight is 445 g/mol. The number of halogens is 1. The Kier molecular flexibility index (Phi) is 6.06. The van der Waals surface area contributed by atoms with Gasteiger partial charge in [-0.05, 0) is 36.2 Å². The van der Waals surface area contributed by atoms with E-state index < -0.39 is 9.73 Å². The predicted molar refractivity (Wildman–Crippen MR) is 121 cm³/mol. The minimum atomic E-state index is -2.30. The number of rotatable bonds is 6. The monoisotopic (exact) mass is 444 g/mol. The first kappa shape index (κ1) is 21.5. The van der Waals surface area contributed by atoms with Crippen LogP contribution in [0.5, 0.6) is 5.75 Å². The summed E-state index contributed by atoms with van der Waals surface area (Å²) in [5.74, 6) is 0.611. The molecule has 3 aromatic rings. The summed E-state index contributed by atoms with van der Waals surface area (Å²) in [6.45, 7) is 3.14. The lowest BCUT2D eigenvalue weighted by Crippen LogP contribution is -2.16. The maximum absolute atomic E-state index is 13.9. The lowest BCUT2D eigenvalue weighted by atomic mass is 10.1. The second-order valence-corrected chi connectivity index (χ2v) is 10.3. The quantitative estimate of drug-likeness (QED) is 0.598. The molecule has 4 rings (SSSR count). The van der Waals surface area contributed by atoms with E-state index in [0.717, 1.165) is 17.4 Å². The fraction of sp³-hybridized carbons (Fsp3) is 0.364. The van der Waals surface area contributed by atoms with Gasteiger partial charge in [0.15, 0.2) is 0 Å². The number of hydrogen-bond donors (Lipinski definition) is 1. The van der Waals surface area contributed by atoms with Crippen molar-refractivity contribution in [1.29, 1.82) is 0 Å². The molecule has 1 saturated heterocycles. The van der Waals surface area contributed by atoms with Crippen molar-refractivity contribution in [3.8, 4) is 5.75 Å². The normalized spacial score (nSPS) is 16.5. The number of benzene rings is 2. The maximum atomic E-state index is 13.9. The molecule has 1 aromatic heterocycles. The summed E-state index contributed by atoms with van der Waals surface area (Å²) in [4.78, 5) is 8.82. The van der Waals surface area contributed by atoms with Crippen molar-refractivity contribution in [2.24, 2.45) is 4.36 Å². The molecule has 0 spiro atoms. The molecule has 0 radical (unpaired) electrons. The van der Waals surface area contributed by atoms with Crippen molar-refractivity contribution >= 4 is 37.8 Å². The lowest BCUT2D eigenvalue weighted by molar-refractivity contribution is 0.141. The SMILES string of the molecule is CCc1cc(N=S(C)(C)=O)cc2ncnc(Nc3ccc(F)cc3OC3CCOC3)c12. The van der Waals surface area contributed by atoms with E-state index in [-0.39, 0.29) is 11.9 Å². The molecule has 0 bridgehead atoms. The summed E-state index contributed by atoms with van der Waals surface area (Å²) in [6.07, 6.45) is 6.01. The van der Waals surface area contributed by atoms with E-state index >= 15 is 0 Å². The van der Waals surface area contributed by atoms with Gasteiger partial charge >= 0.3 is 0 Å². The van der Waals surface area contributed by atoms with Gasteiger partial charge in [-0.3, -0.25) is 0 Å². The van der Waals surface area contributed by atoms with Crippen LogP contribution >= 0.6 is 0 Å². The van der Waals surface area contributed by atoms with E-state index in [1.807, 2.05) is 13.0 Å². The fourth-order valence-corrected chi connectivity index (χ4v) is 4.16. The summed E-state index contributed by atoms with van der Waals surface area (Å²) < 4.78 is 41.7. The minimum Gasteiger partial charge on any atom is -0.486 e. The number of fused-ring (bicyclic) bond motifs is 1. The minimum absolute atomic E-state index is 0.113. The number of anilines is 2. The van der Waals surface area contributed by atoms with Crippen molar-refractivity contribution in [2.75, 3.05) is 31.0 Å². The van der Waals surface area contributed by atoms with Gasteiger partial charge in [-0.1, -0.05) is 6.92 Å². The van der Waals surface area contributed by atoms with E-state index in [9.17, 15) is 8.60 Å². The summed E-state index contributed by atoms with van der Waals surface area (Å²) in [5.41, 5.74) is 2.88. The molecule has 164 valence electrons. The third-order valence-electron chi connectivity index (χ3n) is 4.89. The summed E-state index contributed by atoms with van der Waals surface area (Å²) in [6, 6.07) is 8.07. The highest BCUT2D eigenvalue weighted by atomic mass is 32.2. The molecule has 1 N–H and O–H groups in total. The number of nitrogens with one attached hydrogen (secondary N) is 1. The Balaban J connectivity index is 1.76. The highest BCUT2D eigenvalue weighted by molar-refractivity contribution is 7.92. The molecular weight excluding hydrogens is 419 g/mol. The number of aromatic nitrogens is 2. The van der Waals surface area contributed by atoms with Gasteiger partial charge in [0.05, 0.1) is 30.1 Å². The van der Waals surface area contributed by atoms with Crippen LogP contribution in [0, 0.1) is 5.82 Å². The molecular formula is C22H25FN4O3S. The molecule has 1 aliphatic heterocycles. The number of hydrogen-bond acceptors (Lipinski definition) is 7. The Morgan fingerprint density at radius 1 is 1.29 bits per heavy atom. The van der Waals surface area contributed by atoms with Gasteiger partial charge in [0.2, 0.25) is 0 Å². The Hall–Kier alpha value is -2.78. The van der Waals surface area contributed by atoms with Crippen molar-refractivity contribution in [1.82, 2.24) is 9.97 Å². The second kappa shape index (κ2) is 8.76. The third kappa shape index (κ3) is 5.11. The number of nitrogens with zero attached hydrogens (tertiary/aromatic N) is 3. The molecule has 7 nitrogen and oxygen atoms in total. The largest absolute Gasteiger partial charge is 0.486 e. The smallest absolute Gasteiger partial charge is 0.146 e. The molecule has 0 aliphatic carbocycles. The first-order chi connectivity index (χ1) is 14.8. The molecule has 1 aliphatic rings. The molecule has 31 heavy (non-hydrogen) atoms. The topological polar surface area (TPSA) is 85.7 Å². The summed E-state index contributed by atoms with van der Waals surface area (Å²) in [7, 11) is -2.30. The van der Waals surface area contributed by atoms with E-state index in [2.05, 4.69) is 19.6 Å². The van der Waals surface area contributed by atoms with Gasteiger partial charge < -0.3 is 14.8 Å². The van der Waals surface area contributed by atoms with Gasteiger partial charge in [0.1, 0.15) is 29.8 Å². The third-order valence-corrected chi connectivity index (χ3v) is 5.54. The van der Waals surface area contributed by atoms with Gasteiger partial charge in [0.25, 0.3) is 0 Å². The lowest BCUT2D eigenvalue weighted by Gasteiger charge is -2.18. The van der Waals surface area contributed by atoms with Gasteiger partial charge in [-0.2, -0.15) is 4.36 Å². The van der Waals surface area contributed by atoms with E-state index in [1.54, 1.807) is 24.6 Å². The van der Waals surface area contributed by atoms with Crippen LogP contribution in [0.2, 0.25) is 0 Å². The van der Waals surface area contributed by atoms with Crippen LogP contribution in [-0.2, 0) is 20.9 Å². The Labute approximate surface area is 181 Å². The average Bonchev–Trinajstić information content (AvgIpc) is 3.21. The second-order valence-electron chi connectivity index (χ2n) is 7.72. The standard InChI is InChI=1S/C22H25FN4O3S/c1-4-14-9-16(27-31(2,3)28)11-19-21(14)22(25-13-24-19)26-18-6-5-15(23)10-20(18)30-17-7-8-29-12-17/h5-6,9-11,13,17H,4,7-8,12H2,1-3H3,(H,24,25,26). The Morgan fingerprint density at radius 3 is 2.84 bits per heavy atom. The molecule has 1 atom stereocenters. The zero-order valence-corrected chi connectivity index (χ0v) is 18.5. The van der Waals surface area contributed by atoms with Gasteiger partial charge in [0, 0.05) is 40.1 Å². The van der Waals surface area contributed by atoms with Crippen LogP contribution in [0.15, 0.2) is 41.0 Å². The Bertz CT molecular complexity index is 1230. The van der Waals surface area contributed by atoms with E-state index in [0.29, 0.717) is 48.1 Å². The molecule has 1 unspecified atom stereocenters. The summed E-state index contributed by atoms with van der Waals surface area (Å²) in [5, 5.41) is 4.12. The van der Waals surface area contributed by atoms with Crippen LogP contribution in [0.3, 0.4) is 0 Å². The van der Waals surface area contributed by atoms with E-state index in [4.69, 9.17) is 9.47 Å². The van der Waals surface area contributed by atoms with Crippen molar-refractivity contribution in [3.05, 3.63) is 48.0 Å². The van der Waals surface area contributed by atoms with Crippen LogP contribution in [0.25, 0.3) is 10.9 Å². The van der Waals surface area contributed by atoms with E-state index in [1.165, 1.54) is 18.5 Å². The number of aryl methyl sites for hydroxylation is 1. The van der Waals surface area contributed by atoms with Crippen LogP contribution in [0.1, 0.15) is 18.9 Å². The first-order valence-electron chi connectivity index (χ1n) is 10.1. The molecule has 2 heterocycles. The van der Waals surface area contributed by atoms with Crippen molar-refractivity contribution < 1.29 is 18.1 Å². The molecule has 0 saturated carbocycles. The molecule has 1 fully saturated rings. The van der Waals surface area contributed by atoms with Gasteiger partial charge in [-0.15, -0.1) is 0 Å². The zero-order chi connectivity index (χ0) is 22.0. The Morgan fingerprint density at radius 2 is 2.13 bits per heavy atom. The van der Waals surface area contributed by atoms with Crippen molar-refractivity contribution in [2.45, 2.75) is 25.9 Å². The predicted octanol–water partition coefficient (Wildman–Crippen LogP) is 4.60. The highest BCUT2D eigenvalue weighted by Crippen LogP contribution is 2.35. The van der Waals surface area contributed by atoms with Crippen LogP contribution < -0.4 is 10.1 Å². The van der Waals surface area contributed by atoms with Crippen LogP contribution in [0.4, 0.5) is 21.6 Å². The highest BCUT2D eigenvalue weighted by Gasteiger charge is 2.20. The van der Waals surface area contributed by atoms with Crippen molar-refractivity contribution in [3.63, 3.8) is 0 Å². The van der Waals surface area contributed by atoms with Crippen LogP contribution in [-0.4, -0.2) is 46.0 Å². The first-order valence-corrected chi connectivity index (χ1v) is 12.4. The zero-order valence-electron chi connectivity index (χ0n) is 17.7. The molecule has 9 heteroatoms. The molecule has 2 aromatic carbocycles.